The first-order chi connectivity index (χ1) is 6.99. The second kappa shape index (κ2) is 5.29. The van der Waals surface area contributed by atoms with Gasteiger partial charge in [0.25, 0.3) is 0 Å². The van der Waals surface area contributed by atoms with Gasteiger partial charge in [0, 0.05) is 12.6 Å². The fraction of sp³-hybridized carbons (Fsp3) is 0.538. The molecule has 2 nitrogen and oxygen atoms in total. The van der Waals surface area contributed by atoms with Gasteiger partial charge >= 0.3 is 0 Å². The Morgan fingerprint density at radius 1 is 1.13 bits per heavy atom. The van der Waals surface area contributed by atoms with E-state index in [1.54, 1.807) is 6.92 Å². The van der Waals surface area contributed by atoms with Crippen LogP contribution >= 0.6 is 0 Å². The molecule has 15 heavy (non-hydrogen) atoms. The van der Waals surface area contributed by atoms with Crippen molar-refractivity contribution in [3.8, 4) is 0 Å². The molecule has 1 rings (SSSR count). The van der Waals surface area contributed by atoms with Crippen LogP contribution < -0.4 is 5.32 Å². The van der Waals surface area contributed by atoms with Crippen LogP contribution in [-0.2, 0) is 0 Å². The molecule has 84 valence electrons. The Balaban J connectivity index is 2.68. The average molecular weight is 207 g/mol. The normalized spacial score (nSPS) is 15.0. The number of aliphatic hydroxyl groups excluding tert-OH is 1. The highest BCUT2D eigenvalue weighted by Crippen LogP contribution is 2.16. The van der Waals surface area contributed by atoms with E-state index in [9.17, 15) is 5.11 Å². The molecule has 1 aromatic rings. The zero-order valence-electron chi connectivity index (χ0n) is 10.0. The molecule has 0 fully saturated rings. The van der Waals surface area contributed by atoms with Crippen molar-refractivity contribution in [3.63, 3.8) is 0 Å². The molecule has 2 unspecified atom stereocenters. The third-order valence-corrected chi connectivity index (χ3v) is 2.46. The van der Waals surface area contributed by atoms with Crippen LogP contribution in [0.5, 0.6) is 0 Å². The molecule has 0 amide bonds. The number of rotatable bonds is 4. The number of hydrogen-bond acceptors (Lipinski definition) is 2. The summed E-state index contributed by atoms with van der Waals surface area (Å²) in [5, 5.41) is 12.5. The quantitative estimate of drug-likeness (QED) is 0.794. The summed E-state index contributed by atoms with van der Waals surface area (Å²) < 4.78 is 0. The maximum atomic E-state index is 9.19. The second-order valence-electron chi connectivity index (χ2n) is 4.40. The molecule has 0 saturated carbocycles. The van der Waals surface area contributed by atoms with Crippen molar-refractivity contribution < 1.29 is 5.11 Å². The molecule has 0 spiro atoms. The molecule has 0 aliphatic heterocycles. The predicted octanol–water partition coefficient (Wildman–Crippen LogP) is 2.33. The number of aliphatic hydroxyl groups is 1. The molecule has 0 aromatic heterocycles. The van der Waals surface area contributed by atoms with Crippen molar-refractivity contribution in [3.05, 3.63) is 34.9 Å². The summed E-state index contributed by atoms with van der Waals surface area (Å²) in [6.45, 7) is 8.77. The van der Waals surface area contributed by atoms with Crippen molar-refractivity contribution in [2.75, 3.05) is 6.54 Å². The van der Waals surface area contributed by atoms with Crippen LogP contribution in [0.3, 0.4) is 0 Å². The van der Waals surface area contributed by atoms with Gasteiger partial charge in [-0.2, -0.15) is 0 Å². The number of benzene rings is 1. The van der Waals surface area contributed by atoms with Gasteiger partial charge in [-0.3, -0.25) is 0 Å². The Morgan fingerprint density at radius 3 is 2.13 bits per heavy atom. The van der Waals surface area contributed by atoms with E-state index >= 15 is 0 Å². The van der Waals surface area contributed by atoms with Crippen molar-refractivity contribution in [1.29, 1.82) is 0 Å². The third kappa shape index (κ3) is 4.02. The lowest BCUT2D eigenvalue weighted by atomic mass is 10.0. The van der Waals surface area contributed by atoms with E-state index in [1.165, 1.54) is 16.7 Å². The maximum absolute atomic E-state index is 9.19. The van der Waals surface area contributed by atoms with Gasteiger partial charge in [-0.15, -0.1) is 0 Å². The number of nitrogens with one attached hydrogen (secondary N) is 1. The van der Waals surface area contributed by atoms with Gasteiger partial charge in [-0.25, -0.2) is 0 Å². The van der Waals surface area contributed by atoms with E-state index in [0.29, 0.717) is 6.54 Å². The molecule has 2 N–H and O–H groups in total. The topological polar surface area (TPSA) is 32.3 Å². The first-order valence-electron chi connectivity index (χ1n) is 5.48. The van der Waals surface area contributed by atoms with Crippen LogP contribution in [0.25, 0.3) is 0 Å². The summed E-state index contributed by atoms with van der Waals surface area (Å²) in [6.07, 6.45) is -0.293. The van der Waals surface area contributed by atoms with Crippen molar-refractivity contribution >= 4 is 0 Å². The van der Waals surface area contributed by atoms with Crippen LogP contribution in [0.2, 0.25) is 0 Å². The summed E-state index contributed by atoms with van der Waals surface area (Å²) in [6, 6.07) is 6.84. The van der Waals surface area contributed by atoms with Crippen molar-refractivity contribution in [2.24, 2.45) is 0 Å². The van der Waals surface area contributed by atoms with Gasteiger partial charge in [0.1, 0.15) is 0 Å². The highest BCUT2D eigenvalue weighted by molar-refractivity contribution is 5.30. The van der Waals surface area contributed by atoms with E-state index in [-0.39, 0.29) is 12.1 Å². The molecular weight excluding hydrogens is 186 g/mol. The summed E-state index contributed by atoms with van der Waals surface area (Å²) in [7, 11) is 0. The lowest BCUT2D eigenvalue weighted by Gasteiger charge is -2.16. The molecule has 0 radical (unpaired) electrons. The lowest BCUT2D eigenvalue weighted by Crippen LogP contribution is -2.27. The zero-order valence-corrected chi connectivity index (χ0v) is 10.0. The van der Waals surface area contributed by atoms with E-state index in [2.05, 4.69) is 44.3 Å². The molecule has 0 heterocycles. The van der Waals surface area contributed by atoms with Crippen LogP contribution in [0, 0.1) is 13.8 Å². The molecular formula is C13H21NO. The van der Waals surface area contributed by atoms with Crippen LogP contribution in [0.4, 0.5) is 0 Å². The Hall–Kier alpha value is -0.860. The van der Waals surface area contributed by atoms with Gasteiger partial charge in [-0.1, -0.05) is 29.3 Å². The summed E-state index contributed by atoms with van der Waals surface area (Å²) in [5.74, 6) is 0. The van der Waals surface area contributed by atoms with E-state index in [4.69, 9.17) is 0 Å². The smallest absolute Gasteiger partial charge is 0.0636 e. The minimum atomic E-state index is -0.293. The zero-order chi connectivity index (χ0) is 11.4. The van der Waals surface area contributed by atoms with E-state index < -0.39 is 0 Å². The Kier molecular flexibility index (Phi) is 4.30. The van der Waals surface area contributed by atoms with E-state index in [0.717, 1.165) is 0 Å². The number of hydrogen-bond donors (Lipinski definition) is 2. The number of aryl methyl sites for hydroxylation is 2. The highest BCUT2D eigenvalue weighted by atomic mass is 16.3. The maximum Gasteiger partial charge on any atom is 0.0636 e. The van der Waals surface area contributed by atoms with E-state index in [1.807, 2.05) is 0 Å². The molecule has 0 aliphatic rings. The van der Waals surface area contributed by atoms with Gasteiger partial charge in [-0.05, 0) is 33.3 Å². The van der Waals surface area contributed by atoms with Gasteiger partial charge in [0.05, 0.1) is 6.10 Å². The highest BCUT2D eigenvalue weighted by Gasteiger charge is 2.06. The minimum absolute atomic E-state index is 0.290. The second-order valence-corrected chi connectivity index (χ2v) is 4.40. The van der Waals surface area contributed by atoms with Gasteiger partial charge < -0.3 is 10.4 Å². The third-order valence-electron chi connectivity index (χ3n) is 2.46. The van der Waals surface area contributed by atoms with Gasteiger partial charge in [0.15, 0.2) is 0 Å². The first-order valence-corrected chi connectivity index (χ1v) is 5.48. The summed E-state index contributed by atoms with van der Waals surface area (Å²) >= 11 is 0. The molecule has 0 saturated heterocycles. The Bertz CT molecular complexity index is 300. The lowest BCUT2D eigenvalue weighted by molar-refractivity contribution is 0.187. The van der Waals surface area contributed by atoms with Crippen LogP contribution in [-0.4, -0.2) is 17.8 Å². The molecule has 0 aliphatic carbocycles. The van der Waals surface area contributed by atoms with Crippen LogP contribution in [0.1, 0.15) is 36.6 Å². The fourth-order valence-electron chi connectivity index (χ4n) is 1.73. The monoisotopic (exact) mass is 207 g/mol. The Morgan fingerprint density at radius 2 is 1.67 bits per heavy atom. The standard InChI is InChI=1S/C13H21NO/c1-9-5-10(2)7-13(6-9)12(4)14-8-11(3)15/h5-7,11-12,14-15H,8H2,1-4H3. The summed E-state index contributed by atoms with van der Waals surface area (Å²) in [4.78, 5) is 0. The fourth-order valence-corrected chi connectivity index (χ4v) is 1.73. The van der Waals surface area contributed by atoms with Gasteiger partial charge in [0.2, 0.25) is 0 Å². The molecule has 2 heteroatoms. The predicted molar refractivity (Wildman–Crippen MR) is 64.0 cm³/mol. The molecule has 2 atom stereocenters. The first kappa shape index (κ1) is 12.2. The van der Waals surface area contributed by atoms with Crippen LogP contribution in [0.15, 0.2) is 18.2 Å². The van der Waals surface area contributed by atoms with Crippen molar-refractivity contribution in [2.45, 2.75) is 39.8 Å². The van der Waals surface area contributed by atoms with Crippen molar-refractivity contribution in [1.82, 2.24) is 5.32 Å². The molecule has 0 bridgehead atoms. The largest absolute Gasteiger partial charge is 0.392 e. The average Bonchev–Trinajstić information content (AvgIpc) is 2.12. The SMILES string of the molecule is Cc1cc(C)cc(C(C)NCC(C)O)c1. The Labute approximate surface area is 92.3 Å². The minimum Gasteiger partial charge on any atom is -0.392 e. The summed E-state index contributed by atoms with van der Waals surface area (Å²) in [5.41, 5.74) is 3.86. The molecule has 1 aromatic carbocycles.